The quantitative estimate of drug-likeness (QED) is 0.245. The molecule has 0 atom stereocenters. The van der Waals surface area contributed by atoms with Gasteiger partial charge in [-0.05, 0) is 85.1 Å². The molecule has 0 aliphatic carbocycles. The van der Waals surface area contributed by atoms with E-state index in [1.807, 2.05) is 44.2 Å². The maximum absolute atomic E-state index is 9.07. The van der Waals surface area contributed by atoms with Crippen molar-refractivity contribution in [3.63, 3.8) is 0 Å². The number of nitrogens with one attached hydrogen (secondary N) is 2. The lowest BCUT2D eigenvalue weighted by Gasteiger charge is -2.16. The van der Waals surface area contributed by atoms with Gasteiger partial charge in [0.25, 0.3) is 5.89 Å². The largest absolute Gasteiger partial charge is 0.339 e. The molecule has 3 heterocycles. The molecule has 0 amide bonds. The van der Waals surface area contributed by atoms with Crippen molar-refractivity contribution in [3.05, 3.63) is 95.3 Å². The van der Waals surface area contributed by atoms with Crippen LogP contribution < -0.4 is 10.6 Å². The number of allylic oxidation sites excluding steroid dienone is 1. The van der Waals surface area contributed by atoms with Crippen LogP contribution in [-0.2, 0) is 0 Å². The zero-order valence-electron chi connectivity index (χ0n) is 21.0. The molecule has 0 fully saturated rings. The van der Waals surface area contributed by atoms with Gasteiger partial charge in [0.15, 0.2) is 0 Å². The Morgan fingerprint density at radius 3 is 2.41 bits per heavy atom. The number of pyridine rings is 1. The van der Waals surface area contributed by atoms with Crippen molar-refractivity contribution < 1.29 is 4.52 Å². The Bertz CT molecular complexity index is 1720. The van der Waals surface area contributed by atoms with E-state index in [0.29, 0.717) is 34.4 Å². The summed E-state index contributed by atoms with van der Waals surface area (Å²) in [6.07, 6.45) is 6.47. The summed E-state index contributed by atoms with van der Waals surface area (Å²) in [7, 11) is 0. The van der Waals surface area contributed by atoms with E-state index in [9.17, 15) is 0 Å². The maximum atomic E-state index is 9.07. The number of rotatable bonds is 7. The van der Waals surface area contributed by atoms with Gasteiger partial charge in [0.2, 0.25) is 11.8 Å². The highest BCUT2D eigenvalue weighted by Crippen LogP contribution is 2.33. The van der Waals surface area contributed by atoms with Crippen molar-refractivity contribution in [1.29, 1.82) is 10.5 Å². The summed E-state index contributed by atoms with van der Waals surface area (Å²) in [6, 6.07) is 20.5. The van der Waals surface area contributed by atoms with Crippen LogP contribution in [0.5, 0.6) is 0 Å². The highest BCUT2D eigenvalue weighted by atomic mass is 16.5. The lowest BCUT2D eigenvalue weighted by atomic mass is 10.0. The highest BCUT2D eigenvalue weighted by Gasteiger charge is 2.19. The number of aryl methyl sites for hydroxylation is 2. The van der Waals surface area contributed by atoms with Crippen LogP contribution in [0.2, 0.25) is 0 Å². The Kier molecular flexibility index (Phi) is 7.02. The SMILES string of the molecule is Cc1cc(/C=C/C#N)cc(C)c1Nc1nc(Nc2ccc(C#N)cc2)ncc1-c1nc(-c2ccccn2)no1. The second-order valence-corrected chi connectivity index (χ2v) is 8.53. The van der Waals surface area contributed by atoms with E-state index in [2.05, 4.69) is 36.8 Å². The third-order valence-corrected chi connectivity index (χ3v) is 5.76. The van der Waals surface area contributed by atoms with Gasteiger partial charge in [-0.1, -0.05) is 11.2 Å². The number of nitriles is 2. The molecule has 3 aromatic heterocycles. The molecule has 188 valence electrons. The lowest BCUT2D eigenvalue weighted by molar-refractivity contribution is 0.432. The number of hydrogen-bond donors (Lipinski definition) is 2. The topological polar surface area (TPSA) is 149 Å². The van der Waals surface area contributed by atoms with Crippen molar-refractivity contribution in [2.24, 2.45) is 0 Å². The first kappa shape index (κ1) is 24.8. The standard InChI is InChI=1S/C29H21N9O/c1-18-14-21(6-5-12-30)15-19(2)25(18)35-26-23(28-36-27(38-39-28)24-7-3-4-13-32-24)17-33-29(37-26)34-22-10-8-20(16-31)9-11-22/h3-11,13-15,17H,1-2H3,(H2,33,34,35,37)/b6-5+. The number of aromatic nitrogens is 5. The van der Waals surface area contributed by atoms with Crippen molar-refractivity contribution in [2.45, 2.75) is 13.8 Å². The molecule has 0 unspecified atom stereocenters. The molecule has 2 aromatic carbocycles. The molecule has 0 saturated heterocycles. The Morgan fingerprint density at radius 1 is 0.923 bits per heavy atom. The van der Waals surface area contributed by atoms with Gasteiger partial charge in [0.05, 0.1) is 17.7 Å². The molecule has 0 spiro atoms. The average Bonchev–Trinajstić information content (AvgIpc) is 3.45. The van der Waals surface area contributed by atoms with Crippen LogP contribution in [0.1, 0.15) is 22.3 Å². The van der Waals surface area contributed by atoms with Crippen molar-refractivity contribution in [1.82, 2.24) is 25.1 Å². The van der Waals surface area contributed by atoms with Gasteiger partial charge in [-0.15, -0.1) is 0 Å². The Morgan fingerprint density at radius 2 is 1.72 bits per heavy atom. The molecule has 0 radical (unpaired) electrons. The minimum Gasteiger partial charge on any atom is -0.339 e. The summed E-state index contributed by atoms with van der Waals surface area (Å²) in [4.78, 5) is 18.0. The molecule has 5 aromatic rings. The third kappa shape index (κ3) is 5.61. The van der Waals surface area contributed by atoms with E-state index in [1.165, 1.54) is 6.08 Å². The third-order valence-electron chi connectivity index (χ3n) is 5.76. The second kappa shape index (κ2) is 11.0. The number of hydrogen-bond acceptors (Lipinski definition) is 10. The molecule has 5 rings (SSSR count). The van der Waals surface area contributed by atoms with Gasteiger partial charge in [-0.25, -0.2) is 4.98 Å². The number of benzene rings is 2. The maximum Gasteiger partial charge on any atom is 0.263 e. The van der Waals surface area contributed by atoms with Gasteiger partial charge in [0.1, 0.15) is 17.1 Å². The summed E-state index contributed by atoms with van der Waals surface area (Å²) < 4.78 is 5.58. The molecule has 0 saturated carbocycles. The van der Waals surface area contributed by atoms with Crippen molar-refractivity contribution in [3.8, 4) is 35.1 Å². The van der Waals surface area contributed by atoms with Gasteiger partial charge in [0, 0.05) is 29.8 Å². The summed E-state index contributed by atoms with van der Waals surface area (Å²) in [5.41, 5.74) is 6.04. The lowest BCUT2D eigenvalue weighted by Crippen LogP contribution is -2.05. The second-order valence-electron chi connectivity index (χ2n) is 8.53. The first-order valence-corrected chi connectivity index (χ1v) is 11.9. The van der Waals surface area contributed by atoms with E-state index >= 15 is 0 Å². The van der Waals surface area contributed by atoms with Crippen molar-refractivity contribution >= 4 is 29.2 Å². The molecular formula is C29H21N9O. The molecule has 0 aliphatic heterocycles. The number of anilines is 4. The Balaban J connectivity index is 1.54. The van der Waals surface area contributed by atoms with Crippen LogP contribution in [0.3, 0.4) is 0 Å². The summed E-state index contributed by atoms with van der Waals surface area (Å²) in [5.74, 6) is 1.35. The highest BCUT2D eigenvalue weighted by molar-refractivity contribution is 5.78. The van der Waals surface area contributed by atoms with Gasteiger partial charge in [-0.2, -0.15) is 20.5 Å². The van der Waals surface area contributed by atoms with Crippen LogP contribution in [0.4, 0.5) is 23.1 Å². The fourth-order valence-corrected chi connectivity index (χ4v) is 3.93. The summed E-state index contributed by atoms with van der Waals surface area (Å²) in [6.45, 7) is 3.95. The van der Waals surface area contributed by atoms with Crippen LogP contribution in [0, 0.1) is 36.5 Å². The minimum absolute atomic E-state index is 0.229. The normalized spacial score (nSPS) is 10.7. The van der Waals surface area contributed by atoms with E-state index < -0.39 is 0 Å². The van der Waals surface area contributed by atoms with Gasteiger partial charge >= 0.3 is 0 Å². The van der Waals surface area contributed by atoms with Gasteiger partial charge in [-0.3, -0.25) is 4.98 Å². The Labute approximate surface area is 224 Å². The molecule has 0 aliphatic rings. The van der Waals surface area contributed by atoms with Crippen LogP contribution in [0.25, 0.3) is 29.0 Å². The van der Waals surface area contributed by atoms with Crippen LogP contribution >= 0.6 is 0 Å². The Hall–Kier alpha value is -5.87. The fraction of sp³-hybridized carbons (Fsp3) is 0.0690. The number of nitrogens with zero attached hydrogens (tertiary/aromatic N) is 7. The van der Waals surface area contributed by atoms with Crippen molar-refractivity contribution in [2.75, 3.05) is 10.6 Å². The van der Waals surface area contributed by atoms with E-state index in [-0.39, 0.29) is 5.89 Å². The average molecular weight is 512 g/mol. The minimum atomic E-state index is 0.229. The van der Waals surface area contributed by atoms with Gasteiger partial charge < -0.3 is 15.2 Å². The molecule has 39 heavy (non-hydrogen) atoms. The monoisotopic (exact) mass is 511 g/mol. The summed E-state index contributed by atoms with van der Waals surface area (Å²) in [5, 5.41) is 28.6. The molecule has 0 bridgehead atoms. The zero-order chi connectivity index (χ0) is 27.2. The summed E-state index contributed by atoms with van der Waals surface area (Å²) >= 11 is 0. The zero-order valence-corrected chi connectivity index (χ0v) is 21.0. The van der Waals surface area contributed by atoms with E-state index in [0.717, 1.165) is 28.1 Å². The molecule has 2 N–H and O–H groups in total. The van der Waals surface area contributed by atoms with Crippen LogP contribution in [-0.4, -0.2) is 25.1 Å². The first-order chi connectivity index (χ1) is 19.0. The molecule has 10 nitrogen and oxygen atoms in total. The molecular weight excluding hydrogens is 490 g/mol. The molecule has 10 heteroatoms. The van der Waals surface area contributed by atoms with E-state index in [4.69, 9.17) is 20.0 Å². The predicted octanol–water partition coefficient (Wildman–Crippen LogP) is 6.10. The van der Waals surface area contributed by atoms with Crippen LogP contribution in [0.15, 0.2) is 77.6 Å². The smallest absolute Gasteiger partial charge is 0.263 e. The van der Waals surface area contributed by atoms with E-state index in [1.54, 1.807) is 48.8 Å². The predicted molar refractivity (Wildman–Crippen MR) is 147 cm³/mol. The fourth-order valence-electron chi connectivity index (χ4n) is 3.93. The first-order valence-electron chi connectivity index (χ1n) is 11.9.